The Kier molecular flexibility index (Phi) is 7.42. The van der Waals surface area contributed by atoms with E-state index in [1.54, 1.807) is 6.92 Å². The Labute approximate surface area is 205 Å². The first kappa shape index (κ1) is 24.4. The molecule has 1 aromatic heterocycles. The molecule has 4 N–H and O–H groups in total. The molecule has 1 aliphatic carbocycles. The number of rotatable bonds is 9. The first-order chi connectivity index (χ1) is 16.8. The average Bonchev–Trinajstić information content (AvgIpc) is 3.45. The van der Waals surface area contributed by atoms with Gasteiger partial charge >= 0.3 is 12.1 Å². The van der Waals surface area contributed by atoms with Gasteiger partial charge in [-0.3, -0.25) is 4.79 Å². The largest absolute Gasteiger partial charge is 0.476 e. The minimum Gasteiger partial charge on any atom is -0.476 e. The zero-order chi connectivity index (χ0) is 24.9. The zero-order valence-electron chi connectivity index (χ0n) is 18.9. The number of hydrogen-bond acceptors (Lipinski definition) is 7. The normalized spacial score (nSPS) is 13.9. The smallest absolute Gasteiger partial charge is 0.407 e. The van der Waals surface area contributed by atoms with Gasteiger partial charge in [0.2, 0.25) is 5.91 Å². The average molecular weight is 496 g/mol. The maximum atomic E-state index is 12.2. The summed E-state index contributed by atoms with van der Waals surface area (Å²) >= 11 is 1.13. The van der Waals surface area contributed by atoms with E-state index >= 15 is 0 Å². The number of fused-ring (bicyclic) bond motifs is 3. The number of carboxylic acid groups (broad SMARTS) is 1. The van der Waals surface area contributed by atoms with Gasteiger partial charge < -0.3 is 25.6 Å². The first-order valence-electron chi connectivity index (χ1n) is 11.1. The molecule has 2 unspecified atom stereocenters. The van der Waals surface area contributed by atoms with Crippen molar-refractivity contribution in [1.29, 1.82) is 0 Å². The highest BCUT2D eigenvalue weighted by atomic mass is 32.1. The Morgan fingerprint density at radius 3 is 2.31 bits per heavy atom. The lowest BCUT2D eigenvalue weighted by Gasteiger charge is -2.16. The molecule has 35 heavy (non-hydrogen) atoms. The van der Waals surface area contributed by atoms with Crippen molar-refractivity contribution in [3.63, 3.8) is 0 Å². The molecule has 1 heterocycles. The highest BCUT2D eigenvalue weighted by Crippen LogP contribution is 2.44. The van der Waals surface area contributed by atoms with Gasteiger partial charge in [-0.05, 0) is 29.2 Å². The van der Waals surface area contributed by atoms with E-state index in [4.69, 9.17) is 9.84 Å². The minimum absolute atomic E-state index is 0.0714. The second-order valence-electron chi connectivity index (χ2n) is 8.23. The van der Waals surface area contributed by atoms with Crippen molar-refractivity contribution in [2.45, 2.75) is 31.4 Å². The predicted octanol–water partition coefficient (Wildman–Crippen LogP) is 3.31. The van der Waals surface area contributed by atoms with Crippen LogP contribution in [0.1, 0.15) is 51.9 Å². The number of thiazole rings is 1. The predicted molar refractivity (Wildman–Crippen MR) is 129 cm³/mol. The Morgan fingerprint density at radius 2 is 1.71 bits per heavy atom. The molecule has 0 spiro atoms. The molecule has 2 amide bonds. The van der Waals surface area contributed by atoms with Crippen molar-refractivity contribution < 1.29 is 29.3 Å². The third kappa shape index (κ3) is 5.67. The van der Waals surface area contributed by atoms with E-state index in [1.165, 1.54) is 5.38 Å². The number of aromatic nitrogens is 1. The second-order valence-corrected chi connectivity index (χ2v) is 9.12. The first-order valence-corrected chi connectivity index (χ1v) is 12.0. The van der Waals surface area contributed by atoms with E-state index in [0.717, 1.165) is 33.6 Å². The molecule has 0 saturated heterocycles. The molecule has 182 valence electrons. The van der Waals surface area contributed by atoms with Gasteiger partial charge in [0.1, 0.15) is 11.6 Å². The highest BCUT2D eigenvalue weighted by Gasteiger charge is 2.29. The second kappa shape index (κ2) is 10.7. The number of nitrogens with one attached hydrogen (secondary N) is 2. The number of carboxylic acids is 1. The number of hydrogen-bond donors (Lipinski definition) is 4. The summed E-state index contributed by atoms with van der Waals surface area (Å²) in [5.41, 5.74) is 4.37. The van der Waals surface area contributed by atoms with Gasteiger partial charge in [0.15, 0.2) is 5.69 Å². The summed E-state index contributed by atoms with van der Waals surface area (Å²) < 4.78 is 5.42. The number of aliphatic hydroxyl groups excluding tert-OH is 1. The number of aliphatic hydroxyl groups is 1. The quantitative estimate of drug-likeness (QED) is 0.357. The number of nitrogens with zero attached hydrogens (tertiary/aromatic N) is 1. The molecule has 1 aliphatic rings. The van der Waals surface area contributed by atoms with Gasteiger partial charge in [-0.15, -0.1) is 11.3 Å². The van der Waals surface area contributed by atoms with Crippen LogP contribution < -0.4 is 10.6 Å². The molecular formula is C25H25N3O6S. The highest BCUT2D eigenvalue weighted by molar-refractivity contribution is 7.09. The van der Waals surface area contributed by atoms with Crippen LogP contribution >= 0.6 is 11.3 Å². The van der Waals surface area contributed by atoms with Crippen LogP contribution in [-0.4, -0.2) is 52.4 Å². The molecule has 0 bridgehead atoms. The summed E-state index contributed by atoms with van der Waals surface area (Å²) in [7, 11) is 0. The number of carbonyl (C=O) groups is 3. The summed E-state index contributed by atoms with van der Waals surface area (Å²) in [6.07, 6.45) is -2.04. The SMILES string of the molecule is CC(NC(=O)CC(O)CNC(=O)OCC1c2ccccc2-c2ccccc21)c1nc(C(=O)O)cs1. The zero-order valence-corrected chi connectivity index (χ0v) is 19.7. The molecule has 0 aliphatic heterocycles. The molecular weight excluding hydrogens is 470 g/mol. The molecule has 9 nitrogen and oxygen atoms in total. The third-order valence-corrected chi connectivity index (χ3v) is 6.76. The molecule has 10 heteroatoms. The van der Waals surface area contributed by atoms with E-state index in [-0.39, 0.29) is 31.2 Å². The standard InChI is InChI=1S/C25H25N3O6S/c1-14(23-28-21(13-35-23)24(31)32)27-22(30)10-15(29)11-26-25(33)34-12-20-18-8-4-2-6-16(18)17-7-3-5-9-19(17)20/h2-9,13-15,20,29H,10-12H2,1H3,(H,26,33)(H,27,30)(H,31,32). The van der Waals surface area contributed by atoms with Crippen LogP contribution in [0.5, 0.6) is 0 Å². The van der Waals surface area contributed by atoms with Gasteiger partial charge in [-0.2, -0.15) is 0 Å². The summed E-state index contributed by atoms with van der Waals surface area (Å²) in [6, 6.07) is 15.5. The molecule has 3 aromatic rings. The lowest BCUT2D eigenvalue weighted by molar-refractivity contribution is -0.123. The van der Waals surface area contributed by atoms with Crippen LogP contribution in [-0.2, 0) is 9.53 Å². The maximum absolute atomic E-state index is 12.2. The third-order valence-electron chi connectivity index (χ3n) is 5.74. The van der Waals surface area contributed by atoms with Gasteiger partial charge in [-0.1, -0.05) is 48.5 Å². The summed E-state index contributed by atoms with van der Waals surface area (Å²) in [6.45, 7) is 1.67. The number of carbonyl (C=O) groups excluding carboxylic acids is 2. The van der Waals surface area contributed by atoms with Crippen LogP contribution in [0.2, 0.25) is 0 Å². The van der Waals surface area contributed by atoms with Crippen LogP contribution in [0.3, 0.4) is 0 Å². The van der Waals surface area contributed by atoms with E-state index in [1.807, 2.05) is 36.4 Å². The molecule has 0 radical (unpaired) electrons. The number of alkyl carbamates (subject to hydrolysis) is 1. The Morgan fingerprint density at radius 1 is 1.09 bits per heavy atom. The molecule has 2 aromatic carbocycles. The van der Waals surface area contributed by atoms with Crippen molar-refractivity contribution in [3.05, 3.63) is 75.7 Å². The van der Waals surface area contributed by atoms with E-state index < -0.39 is 30.1 Å². The van der Waals surface area contributed by atoms with Crippen molar-refractivity contribution in [1.82, 2.24) is 15.6 Å². The van der Waals surface area contributed by atoms with Crippen LogP contribution in [0, 0.1) is 0 Å². The lowest BCUT2D eigenvalue weighted by Crippen LogP contribution is -2.37. The maximum Gasteiger partial charge on any atom is 0.407 e. The fourth-order valence-electron chi connectivity index (χ4n) is 4.08. The Bertz CT molecular complexity index is 1200. The van der Waals surface area contributed by atoms with E-state index in [2.05, 4.69) is 27.8 Å². The van der Waals surface area contributed by atoms with Gasteiger partial charge in [-0.25, -0.2) is 14.6 Å². The van der Waals surface area contributed by atoms with Crippen molar-refractivity contribution in [2.75, 3.05) is 13.2 Å². The van der Waals surface area contributed by atoms with Gasteiger partial charge in [0, 0.05) is 17.8 Å². The van der Waals surface area contributed by atoms with Crippen molar-refractivity contribution in [3.8, 4) is 11.1 Å². The topological polar surface area (TPSA) is 138 Å². The summed E-state index contributed by atoms with van der Waals surface area (Å²) in [4.78, 5) is 39.3. The molecule has 2 atom stereocenters. The number of aromatic carboxylic acids is 1. The van der Waals surface area contributed by atoms with Gasteiger partial charge in [0.05, 0.1) is 18.6 Å². The fourth-order valence-corrected chi connectivity index (χ4v) is 4.88. The van der Waals surface area contributed by atoms with Crippen molar-refractivity contribution in [2.24, 2.45) is 0 Å². The van der Waals surface area contributed by atoms with Gasteiger partial charge in [0.25, 0.3) is 0 Å². The summed E-state index contributed by atoms with van der Waals surface area (Å²) in [5, 5.41) is 26.1. The Hall–Kier alpha value is -3.76. The summed E-state index contributed by atoms with van der Waals surface area (Å²) in [5.74, 6) is -1.66. The molecule has 0 fully saturated rings. The monoisotopic (exact) mass is 495 g/mol. The molecule has 0 saturated carbocycles. The lowest BCUT2D eigenvalue weighted by atomic mass is 9.98. The van der Waals surface area contributed by atoms with E-state index in [0.29, 0.717) is 5.01 Å². The van der Waals surface area contributed by atoms with Crippen LogP contribution in [0.15, 0.2) is 53.9 Å². The minimum atomic E-state index is -1.14. The van der Waals surface area contributed by atoms with E-state index in [9.17, 15) is 19.5 Å². The number of benzene rings is 2. The van der Waals surface area contributed by atoms with Crippen LogP contribution in [0.25, 0.3) is 11.1 Å². The number of ether oxygens (including phenoxy) is 1. The fraction of sp³-hybridized carbons (Fsp3) is 0.280. The van der Waals surface area contributed by atoms with Crippen LogP contribution in [0.4, 0.5) is 4.79 Å². The van der Waals surface area contributed by atoms with Crippen molar-refractivity contribution >= 4 is 29.3 Å². The Balaban J connectivity index is 1.22. The number of amides is 2. The molecule has 4 rings (SSSR count).